The number of rotatable bonds is 7. The quantitative estimate of drug-likeness (QED) is 0.381. The number of nitrogens with zero attached hydrogens (tertiary/aromatic N) is 2. The van der Waals surface area contributed by atoms with Crippen LogP contribution in [0.25, 0.3) is 0 Å². The molecule has 0 saturated carbocycles. The lowest BCUT2D eigenvalue weighted by atomic mass is 10.0. The molecule has 2 aliphatic rings. The maximum absolute atomic E-state index is 12.1. The topological polar surface area (TPSA) is 151 Å². The minimum absolute atomic E-state index is 0.126. The number of carbonyl (C=O) groups is 2. The molecule has 12 heteroatoms. The van der Waals surface area contributed by atoms with Crippen LogP contribution in [0.5, 0.6) is 0 Å². The Hall–Kier alpha value is -1.47. The van der Waals surface area contributed by atoms with E-state index in [1.54, 1.807) is 0 Å². The summed E-state index contributed by atoms with van der Waals surface area (Å²) in [5, 5.41) is 0.580. The molecule has 2 rings (SSSR count). The zero-order chi connectivity index (χ0) is 17.2. The van der Waals surface area contributed by atoms with Crippen LogP contribution in [-0.4, -0.2) is 66.1 Å². The highest BCUT2D eigenvalue weighted by atomic mass is 32.3. The van der Waals surface area contributed by atoms with Crippen LogP contribution < -0.4 is 11.2 Å². The lowest BCUT2D eigenvalue weighted by Crippen LogP contribution is -2.50. The van der Waals surface area contributed by atoms with Gasteiger partial charge in [0, 0.05) is 12.6 Å². The van der Waals surface area contributed by atoms with Gasteiger partial charge in [-0.1, -0.05) is 6.92 Å². The Balaban J connectivity index is 1.94. The van der Waals surface area contributed by atoms with Crippen molar-refractivity contribution in [1.82, 2.24) is 15.4 Å². The van der Waals surface area contributed by atoms with Crippen LogP contribution in [0.2, 0.25) is 0 Å². The van der Waals surface area contributed by atoms with Gasteiger partial charge in [0.2, 0.25) is 0 Å². The molecule has 0 aliphatic carbocycles. The first-order chi connectivity index (χ1) is 10.7. The second kappa shape index (κ2) is 6.97. The molecule has 3 amide bonds. The number of carbonyl (C=O) groups excluding carboxylic acids is 2. The lowest BCUT2D eigenvalue weighted by Gasteiger charge is -2.29. The first kappa shape index (κ1) is 17.9. The first-order valence-electron chi connectivity index (χ1n) is 7.17. The molecule has 0 aromatic heterocycles. The third-order valence-electron chi connectivity index (χ3n) is 3.79. The number of amides is 3. The van der Waals surface area contributed by atoms with Gasteiger partial charge in [0.25, 0.3) is 5.91 Å². The van der Waals surface area contributed by atoms with Crippen molar-refractivity contribution in [2.45, 2.75) is 44.3 Å². The molecule has 0 radical (unpaired) electrons. The van der Waals surface area contributed by atoms with E-state index in [4.69, 9.17) is 15.1 Å². The van der Waals surface area contributed by atoms with E-state index < -0.39 is 34.4 Å². The number of hydroxylamine groups is 3. The third kappa shape index (κ3) is 4.29. The minimum Gasteiger partial charge on any atom is -0.326 e. The molecule has 0 aromatic carbocycles. The fourth-order valence-electron chi connectivity index (χ4n) is 2.51. The van der Waals surface area contributed by atoms with Crippen molar-refractivity contribution in [2.24, 2.45) is 5.73 Å². The van der Waals surface area contributed by atoms with Crippen molar-refractivity contribution in [3.63, 3.8) is 0 Å². The van der Waals surface area contributed by atoms with Crippen molar-refractivity contribution >= 4 is 22.3 Å². The molecule has 2 aliphatic heterocycles. The molecule has 2 bridgehead atoms. The standard InChI is InChI=1S/C11H20N4O7S/c1-2-7(12)6-21-13-10(16)9-4-3-8-5-14(9)11(17)15(8)22-23(18,19)20/h7-9H,2-6,12H2,1H3,(H,13,16)(H,18,19,20)/t7?,8-,9+/m1/s1. The Morgan fingerprint density at radius 3 is 2.83 bits per heavy atom. The summed E-state index contributed by atoms with van der Waals surface area (Å²) in [7, 11) is -4.80. The average molecular weight is 352 g/mol. The van der Waals surface area contributed by atoms with Crippen LogP contribution in [0.3, 0.4) is 0 Å². The second-order valence-electron chi connectivity index (χ2n) is 5.46. The van der Waals surface area contributed by atoms with Gasteiger partial charge in [0.15, 0.2) is 0 Å². The van der Waals surface area contributed by atoms with Crippen LogP contribution >= 0.6 is 0 Å². The van der Waals surface area contributed by atoms with Crippen molar-refractivity contribution in [1.29, 1.82) is 0 Å². The molecule has 1 unspecified atom stereocenters. The summed E-state index contributed by atoms with van der Waals surface area (Å²) in [6.45, 7) is 2.15. The number of fused-ring (bicyclic) bond motifs is 2. The Kier molecular flexibility index (Phi) is 5.41. The zero-order valence-corrected chi connectivity index (χ0v) is 13.4. The minimum atomic E-state index is -4.80. The fraction of sp³-hybridized carbons (Fsp3) is 0.818. The van der Waals surface area contributed by atoms with Gasteiger partial charge in [-0.15, -0.1) is 4.28 Å². The van der Waals surface area contributed by atoms with E-state index in [1.807, 2.05) is 6.92 Å². The van der Waals surface area contributed by atoms with E-state index in [0.29, 0.717) is 24.3 Å². The normalized spacial score (nSPS) is 25.6. The lowest BCUT2D eigenvalue weighted by molar-refractivity contribution is -0.139. The van der Waals surface area contributed by atoms with Crippen LogP contribution in [0.4, 0.5) is 4.79 Å². The number of nitrogens with two attached hydrogens (primary N) is 1. The molecular formula is C11H20N4O7S. The molecular weight excluding hydrogens is 332 g/mol. The molecule has 0 spiro atoms. The Labute approximate surface area is 133 Å². The van der Waals surface area contributed by atoms with Gasteiger partial charge < -0.3 is 10.6 Å². The van der Waals surface area contributed by atoms with Crippen molar-refractivity contribution < 1.29 is 31.7 Å². The van der Waals surface area contributed by atoms with E-state index in [9.17, 15) is 18.0 Å². The molecule has 132 valence electrons. The molecule has 2 heterocycles. The van der Waals surface area contributed by atoms with Gasteiger partial charge >= 0.3 is 16.4 Å². The number of hydrogen-bond donors (Lipinski definition) is 3. The van der Waals surface area contributed by atoms with Gasteiger partial charge in [0.05, 0.1) is 12.6 Å². The van der Waals surface area contributed by atoms with E-state index in [1.165, 1.54) is 4.90 Å². The smallest absolute Gasteiger partial charge is 0.326 e. The SMILES string of the molecule is CCC(N)CONC(=O)[C@@H]1CC[C@@H]2CN1C(=O)N2OS(=O)(=O)O. The average Bonchev–Trinajstić information content (AvgIpc) is 2.70. The van der Waals surface area contributed by atoms with E-state index in [2.05, 4.69) is 9.76 Å². The third-order valence-corrected chi connectivity index (χ3v) is 4.14. The van der Waals surface area contributed by atoms with Gasteiger partial charge in [0.1, 0.15) is 6.04 Å². The molecule has 2 saturated heterocycles. The Morgan fingerprint density at radius 2 is 2.22 bits per heavy atom. The summed E-state index contributed by atoms with van der Waals surface area (Å²) in [4.78, 5) is 30.4. The number of nitrogens with one attached hydrogen (secondary N) is 1. The van der Waals surface area contributed by atoms with E-state index in [0.717, 1.165) is 0 Å². The first-order valence-corrected chi connectivity index (χ1v) is 8.53. The fourth-order valence-corrected chi connectivity index (χ4v) is 2.90. The Bertz CT molecular complexity index is 569. The molecule has 4 N–H and O–H groups in total. The highest BCUT2D eigenvalue weighted by Gasteiger charge is 2.49. The summed E-state index contributed by atoms with van der Waals surface area (Å²) in [5.41, 5.74) is 7.90. The van der Waals surface area contributed by atoms with E-state index >= 15 is 0 Å². The van der Waals surface area contributed by atoms with Crippen molar-refractivity contribution in [2.75, 3.05) is 13.2 Å². The predicted molar refractivity (Wildman–Crippen MR) is 75.7 cm³/mol. The number of urea groups is 1. The van der Waals surface area contributed by atoms with Gasteiger partial charge in [-0.25, -0.2) is 10.3 Å². The maximum atomic E-state index is 12.1. The summed E-state index contributed by atoms with van der Waals surface area (Å²) in [6, 6.07) is -2.34. The van der Waals surface area contributed by atoms with Crippen LogP contribution in [0.1, 0.15) is 26.2 Å². The second-order valence-corrected chi connectivity index (χ2v) is 6.46. The van der Waals surface area contributed by atoms with Crippen LogP contribution in [-0.2, 0) is 24.3 Å². The highest BCUT2D eigenvalue weighted by molar-refractivity contribution is 7.80. The van der Waals surface area contributed by atoms with Crippen LogP contribution in [0.15, 0.2) is 0 Å². The number of piperidine rings is 1. The summed E-state index contributed by atoms with van der Waals surface area (Å²) in [6.07, 6.45) is 1.36. The monoisotopic (exact) mass is 352 g/mol. The van der Waals surface area contributed by atoms with Crippen molar-refractivity contribution in [3.8, 4) is 0 Å². The molecule has 3 atom stereocenters. The summed E-state index contributed by atoms with van der Waals surface area (Å²) in [5.74, 6) is -0.520. The van der Waals surface area contributed by atoms with Gasteiger partial charge in [-0.05, 0) is 19.3 Å². The number of hydrogen-bond acceptors (Lipinski definition) is 7. The van der Waals surface area contributed by atoms with E-state index in [-0.39, 0.29) is 19.2 Å². The predicted octanol–water partition coefficient (Wildman–Crippen LogP) is -1.23. The molecule has 2 fully saturated rings. The summed E-state index contributed by atoms with van der Waals surface area (Å²) >= 11 is 0. The van der Waals surface area contributed by atoms with Crippen LogP contribution in [0, 0.1) is 0 Å². The zero-order valence-electron chi connectivity index (χ0n) is 12.5. The largest absolute Gasteiger partial charge is 0.418 e. The molecule has 23 heavy (non-hydrogen) atoms. The summed E-state index contributed by atoms with van der Waals surface area (Å²) < 4.78 is 34.5. The maximum Gasteiger partial charge on any atom is 0.418 e. The van der Waals surface area contributed by atoms with Gasteiger partial charge in [-0.3, -0.25) is 14.2 Å². The Morgan fingerprint density at radius 1 is 1.52 bits per heavy atom. The highest BCUT2D eigenvalue weighted by Crippen LogP contribution is 2.30. The molecule has 0 aromatic rings. The van der Waals surface area contributed by atoms with Gasteiger partial charge in [-0.2, -0.15) is 13.5 Å². The molecule has 11 nitrogen and oxygen atoms in total. The van der Waals surface area contributed by atoms with Crippen molar-refractivity contribution in [3.05, 3.63) is 0 Å².